The van der Waals surface area contributed by atoms with Gasteiger partial charge in [-0.15, -0.1) is 10.2 Å². The highest BCUT2D eigenvalue weighted by atomic mass is 32.2. The van der Waals surface area contributed by atoms with Gasteiger partial charge in [-0.3, -0.25) is 9.99 Å². The van der Waals surface area contributed by atoms with Gasteiger partial charge in [-0.1, -0.05) is 31.7 Å². The summed E-state index contributed by atoms with van der Waals surface area (Å²) in [7, 11) is 0. The lowest BCUT2D eigenvalue weighted by atomic mass is 10.2. The number of fused-ring (bicyclic) bond motifs is 3. The molecule has 4 rings (SSSR count). The molecule has 2 aromatic heterocycles. The fraction of sp³-hybridized carbons (Fsp3) is 0.308. The third-order valence-corrected chi connectivity index (χ3v) is 5.47. The van der Waals surface area contributed by atoms with E-state index in [1.807, 2.05) is 12.3 Å². The summed E-state index contributed by atoms with van der Waals surface area (Å²) in [6, 6.07) is 4.09. The Morgan fingerprint density at radius 1 is 1.30 bits per heavy atom. The lowest BCUT2D eigenvalue weighted by molar-refractivity contribution is 0.581. The summed E-state index contributed by atoms with van der Waals surface area (Å²) in [5.74, 6) is 1.35. The molecule has 0 radical (unpaired) electrons. The van der Waals surface area contributed by atoms with Crippen molar-refractivity contribution in [3.05, 3.63) is 46.4 Å². The first-order valence-corrected chi connectivity index (χ1v) is 8.20. The second kappa shape index (κ2) is 4.53. The van der Waals surface area contributed by atoms with E-state index in [1.165, 1.54) is 10.6 Å². The Hall–Kier alpha value is -1.47. The van der Waals surface area contributed by atoms with Gasteiger partial charge in [0.2, 0.25) is 5.16 Å². The van der Waals surface area contributed by atoms with Crippen molar-refractivity contribution >= 4 is 23.5 Å². The third kappa shape index (κ3) is 1.69. The van der Waals surface area contributed by atoms with Crippen LogP contribution in [0.3, 0.4) is 0 Å². The molecule has 0 bridgehead atoms. The minimum absolute atomic E-state index is 0.209. The SMILES string of the molecule is CC(C)c1nnc2n1N1C(=CS[C@H]1c1cccnc1)S2. The van der Waals surface area contributed by atoms with Crippen LogP contribution in [-0.4, -0.2) is 19.9 Å². The molecule has 1 atom stereocenters. The summed E-state index contributed by atoms with van der Waals surface area (Å²) in [5, 5.41) is 15.5. The van der Waals surface area contributed by atoms with Crippen LogP contribution >= 0.6 is 23.5 Å². The topological polar surface area (TPSA) is 46.8 Å². The van der Waals surface area contributed by atoms with Crippen LogP contribution in [0.1, 0.15) is 36.5 Å². The molecule has 0 amide bonds. The molecule has 0 aromatic carbocycles. The first-order chi connectivity index (χ1) is 9.75. The molecule has 20 heavy (non-hydrogen) atoms. The van der Waals surface area contributed by atoms with Crippen molar-refractivity contribution in [3.63, 3.8) is 0 Å². The molecular formula is C13H13N5S2. The van der Waals surface area contributed by atoms with Crippen molar-refractivity contribution in [3.8, 4) is 0 Å². The molecule has 0 fully saturated rings. The average Bonchev–Trinajstić information content (AvgIpc) is 3.09. The number of pyridine rings is 1. The maximum atomic E-state index is 4.32. The van der Waals surface area contributed by atoms with E-state index in [0.717, 1.165) is 11.0 Å². The molecule has 2 aromatic rings. The first-order valence-electron chi connectivity index (χ1n) is 6.44. The molecule has 0 unspecified atom stereocenters. The fourth-order valence-corrected chi connectivity index (χ4v) is 4.58. The molecule has 0 spiro atoms. The van der Waals surface area contributed by atoms with Gasteiger partial charge in [-0.05, 0) is 17.8 Å². The lowest BCUT2D eigenvalue weighted by Crippen LogP contribution is -2.31. The molecule has 2 aliphatic heterocycles. The van der Waals surface area contributed by atoms with Crippen molar-refractivity contribution in [2.45, 2.75) is 30.3 Å². The van der Waals surface area contributed by atoms with Gasteiger partial charge in [0, 0.05) is 29.3 Å². The van der Waals surface area contributed by atoms with Crippen LogP contribution in [-0.2, 0) is 0 Å². The molecule has 0 aliphatic carbocycles. The van der Waals surface area contributed by atoms with E-state index in [-0.39, 0.29) is 5.37 Å². The van der Waals surface area contributed by atoms with E-state index in [1.54, 1.807) is 29.7 Å². The van der Waals surface area contributed by atoms with Crippen molar-refractivity contribution in [2.24, 2.45) is 0 Å². The smallest absolute Gasteiger partial charge is 0.216 e. The Bertz CT molecular complexity index is 679. The molecule has 4 heterocycles. The molecule has 0 N–H and O–H groups in total. The Balaban J connectivity index is 1.79. The Kier molecular flexibility index (Phi) is 2.78. The molecule has 5 nitrogen and oxygen atoms in total. The number of thioether (sulfide) groups is 2. The molecule has 0 saturated carbocycles. The first kappa shape index (κ1) is 12.3. The van der Waals surface area contributed by atoms with Gasteiger partial charge in [-0.25, -0.2) is 4.68 Å². The standard InChI is InChI=1S/C13H13N5S2/c1-8(2)11-15-16-13-18(11)17-10(20-13)7-19-12(17)9-4-3-5-14-6-9/h3-8,12H,1-2H3/t12-/m0/s1. The largest absolute Gasteiger partial charge is 0.264 e. The maximum Gasteiger partial charge on any atom is 0.216 e. The number of aromatic nitrogens is 4. The predicted octanol–water partition coefficient (Wildman–Crippen LogP) is 3.08. The number of nitrogens with zero attached hydrogens (tertiary/aromatic N) is 5. The van der Waals surface area contributed by atoms with Gasteiger partial charge < -0.3 is 0 Å². The maximum absolute atomic E-state index is 4.32. The Morgan fingerprint density at radius 3 is 2.95 bits per heavy atom. The van der Waals surface area contributed by atoms with Crippen LogP contribution in [0.4, 0.5) is 0 Å². The zero-order valence-electron chi connectivity index (χ0n) is 11.1. The number of hydrogen-bond donors (Lipinski definition) is 0. The van der Waals surface area contributed by atoms with Gasteiger partial charge in [0.1, 0.15) is 10.4 Å². The Morgan fingerprint density at radius 2 is 2.20 bits per heavy atom. The molecule has 0 saturated heterocycles. The van der Waals surface area contributed by atoms with Crippen LogP contribution in [0.15, 0.2) is 40.1 Å². The lowest BCUT2D eigenvalue weighted by Gasteiger charge is -2.26. The number of hydrogen-bond acceptors (Lipinski definition) is 6. The summed E-state index contributed by atoms with van der Waals surface area (Å²) in [6.45, 7) is 4.29. The highest BCUT2D eigenvalue weighted by molar-refractivity contribution is 8.07. The minimum Gasteiger partial charge on any atom is -0.264 e. The van der Waals surface area contributed by atoms with E-state index >= 15 is 0 Å². The van der Waals surface area contributed by atoms with Crippen molar-refractivity contribution in [1.82, 2.24) is 19.9 Å². The monoisotopic (exact) mass is 303 g/mol. The second-order valence-corrected chi connectivity index (χ2v) is 6.93. The summed E-state index contributed by atoms with van der Waals surface area (Å²) in [6.07, 6.45) is 3.73. The van der Waals surface area contributed by atoms with E-state index in [9.17, 15) is 0 Å². The van der Waals surface area contributed by atoms with Crippen molar-refractivity contribution in [1.29, 1.82) is 0 Å². The van der Waals surface area contributed by atoms with Crippen LogP contribution < -0.4 is 5.01 Å². The zero-order valence-corrected chi connectivity index (χ0v) is 12.7. The minimum atomic E-state index is 0.209. The highest BCUT2D eigenvalue weighted by Crippen LogP contribution is 2.51. The fourth-order valence-electron chi connectivity index (χ4n) is 2.36. The summed E-state index contributed by atoms with van der Waals surface area (Å²) in [4.78, 5) is 4.23. The third-order valence-electron chi connectivity index (χ3n) is 3.28. The molecule has 2 aliphatic rings. The average molecular weight is 303 g/mol. The molecule has 7 heteroatoms. The van der Waals surface area contributed by atoms with Gasteiger partial charge in [0.15, 0.2) is 5.82 Å². The van der Waals surface area contributed by atoms with Crippen LogP contribution in [0.25, 0.3) is 0 Å². The van der Waals surface area contributed by atoms with Crippen molar-refractivity contribution < 1.29 is 0 Å². The number of rotatable bonds is 2. The van der Waals surface area contributed by atoms with E-state index in [2.05, 4.69) is 50.2 Å². The Labute approximate surface area is 125 Å². The van der Waals surface area contributed by atoms with Gasteiger partial charge in [0.25, 0.3) is 0 Å². The quantitative estimate of drug-likeness (QED) is 0.849. The second-order valence-electron chi connectivity index (χ2n) is 4.98. The normalized spacial score (nSPS) is 20.2. The van der Waals surface area contributed by atoms with Crippen LogP contribution in [0, 0.1) is 0 Å². The van der Waals surface area contributed by atoms with E-state index < -0.39 is 0 Å². The molecular weight excluding hydrogens is 290 g/mol. The highest BCUT2D eigenvalue weighted by Gasteiger charge is 2.39. The van der Waals surface area contributed by atoms with Gasteiger partial charge in [-0.2, -0.15) is 0 Å². The summed E-state index contributed by atoms with van der Waals surface area (Å²) < 4.78 is 2.15. The van der Waals surface area contributed by atoms with Crippen LogP contribution in [0.2, 0.25) is 0 Å². The predicted molar refractivity (Wildman–Crippen MR) is 80.8 cm³/mol. The van der Waals surface area contributed by atoms with E-state index in [4.69, 9.17) is 0 Å². The van der Waals surface area contributed by atoms with E-state index in [0.29, 0.717) is 5.92 Å². The summed E-state index contributed by atoms with van der Waals surface area (Å²) >= 11 is 3.48. The van der Waals surface area contributed by atoms with Gasteiger partial charge in [0.05, 0.1) is 0 Å². The van der Waals surface area contributed by atoms with Crippen molar-refractivity contribution in [2.75, 3.05) is 5.01 Å². The summed E-state index contributed by atoms with van der Waals surface area (Å²) in [5.41, 5.74) is 1.20. The zero-order chi connectivity index (χ0) is 13.7. The van der Waals surface area contributed by atoms with Crippen LogP contribution in [0.5, 0.6) is 0 Å². The molecule has 102 valence electrons. The van der Waals surface area contributed by atoms with Gasteiger partial charge >= 0.3 is 0 Å².